The molecular weight excluding hydrogens is 288 g/mol. The van der Waals surface area contributed by atoms with Crippen LogP contribution in [0.15, 0.2) is 30.3 Å². The SMILES string of the molecule is O=C(Nc1nc(C2CCC2)c(C(=O)O)s1)c1ccccc1. The van der Waals surface area contributed by atoms with Gasteiger partial charge in [0.15, 0.2) is 5.13 Å². The molecule has 1 amide bonds. The summed E-state index contributed by atoms with van der Waals surface area (Å²) >= 11 is 1.03. The first-order valence-corrected chi connectivity index (χ1v) is 7.57. The van der Waals surface area contributed by atoms with Gasteiger partial charge in [-0.25, -0.2) is 9.78 Å². The minimum Gasteiger partial charge on any atom is -0.477 e. The van der Waals surface area contributed by atoms with Crippen LogP contribution in [0.3, 0.4) is 0 Å². The van der Waals surface area contributed by atoms with Crippen LogP contribution in [-0.2, 0) is 0 Å². The highest BCUT2D eigenvalue weighted by Crippen LogP contribution is 2.40. The zero-order valence-electron chi connectivity index (χ0n) is 11.2. The molecular formula is C15H14N2O3S. The van der Waals surface area contributed by atoms with Gasteiger partial charge in [-0.05, 0) is 25.0 Å². The number of nitrogens with zero attached hydrogens (tertiary/aromatic N) is 1. The fourth-order valence-electron chi connectivity index (χ4n) is 2.26. The predicted molar refractivity (Wildman–Crippen MR) is 80.1 cm³/mol. The molecule has 108 valence electrons. The highest BCUT2D eigenvalue weighted by atomic mass is 32.1. The fraction of sp³-hybridized carbons (Fsp3) is 0.267. The number of carboxylic acid groups (broad SMARTS) is 1. The van der Waals surface area contributed by atoms with Crippen LogP contribution >= 0.6 is 11.3 Å². The van der Waals surface area contributed by atoms with Crippen molar-refractivity contribution < 1.29 is 14.7 Å². The maximum absolute atomic E-state index is 12.1. The number of nitrogens with one attached hydrogen (secondary N) is 1. The van der Waals surface area contributed by atoms with E-state index in [-0.39, 0.29) is 16.7 Å². The minimum absolute atomic E-state index is 0.217. The van der Waals surface area contributed by atoms with Crippen molar-refractivity contribution in [2.75, 3.05) is 5.32 Å². The van der Waals surface area contributed by atoms with E-state index in [0.717, 1.165) is 30.6 Å². The number of rotatable bonds is 4. The Balaban J connectivity index is 1.82. The van der Waals surface area contributed by atoms with Gasteiger partial charge in [0.05, 0.1) is 5.69 Å². The van der Waals surface area contributed by atoms with Crippen LogP contribution in [0.25, 0.3) is 0 Å². The van der Waals surface area contributed by atoms with Gasteiger partial charge < -0.3 is 5.11 Å². The maximum atomic E-state index is 12.1. The molecule has 1 heterocycles. The van der Waals surface area contributed by atoms with E-state index in [1.165, 1.54) is 0 Å². The Hall–Kier alpha value is -2.21. The molecule has 5 nitrogen and oxygen atoms in total. The van der Waals surface area contributed by atoms with Gasteiger partial charge in [0, 0.05) is 11.5 Å². The van der Waals surface area contributed by atoms with Crippen molar-refractivity contribution in [1.82, 2.24) is 4.98 Å². The zero-order valence-corrected chi connectivity index (χ0v) is 12.0. The zero-order chi connectivity index (χ0) is 14.8. The first-order chi connectivity index (χ1) is 10.1. The normalized spacial score (nSPS) is 14.5. The molecule has 0 radical (unpaired) electrons. The smallest absolute Gasteiger partial charge is 0.347 e. The van der Waals surface area contributed by atoms with Crippen molar-refractivity contribution in [2.24, 2.45) is 0 Å². The number of thiazole rings is 1. The Kier molecular flexibility index (Phi) is 3.70. The van der Waals surface area contributed by atoms with Gasteiger partial charge in [-0.15, -0.1) is 0 Å². The second-order valence-corrected chi connectivity index (χ2v) is 5.99. The minimum atomic E-state index is -0.977. The van der Waals surface area contributed by atoms with E-state index in [9.17, 15) is 14.7 Å². The average Bonchev–Trinajstić information content (AvgIpc) is 2.81. The average molecular weight is 302 g/mol. The van der Waals surface area contributed by atoms with Gasteiger partial charge in [0.2, 0.25) is 0 Å². The molecule has 1 aromatic heterocycles. The summed E-state index contributed by atoms with van der Waals surface area (Å²) in [6.45, 7) is 0. The van der Waals surface area contributed by atoms with E-state index in [2.05, 4.69) is 10.3 Å². The van der Waals surface area contributed by atoms with Crippen LogP contribution in [0.2, 0.25) is 0 Å². The molecule has 2 aromatic rings. The van der Waals surface area contributed by atoms with E-state index < -0.39 is 5.97 Å². The van der Waals surface area contributed by atoms with Crippen LogP contribution in [0.4, 0.5) is 5.13 Å². The number of aromatic carboxylic acids is 1. The van der Waals surface area contributed by atoms with Gasteiger partial charge in [0.1, 0.15) is 4.88 Å². The molecule has 0 saturated heterocycles. The van der Waals surface area contributed by atoms with Crippen molar-refractivity contribution >= 4 is 28.3 Å². The Morgan fingerprint density at radius 3 is 2.52 bits per heavy atom. The Morgan fingerprint density at radius 1 is 1.24 bits per heavy atom. The molecule has 2 N–H and O–H groups in total. The Morgan fingerprint density at radius 2 is 1.95 bits per heavy atom. The lowest BCUT2D eigenvalue weighted by molar-refractivity contribution is 0.0699. The quantitative estimate of drug-likeness (QED) is 0.907. The highest BCUT2D eigenvalue weighted by Gasteiger charge is 2.29. The van der Waals surface area contributed by atoms with E-state index in [0.29, 0.717) is 16.4 Å². The van der Waals surface area contributed by atoms with Crippen molar-refractivity contribution in [3.8, 4) is 0 Å². The number of carbonyl (C=O) groups is 2. The van der Waals surface area contributed by atoms with Gasteiger partial charge >= 0.3 is 5.97 Å². The second-order valence-electron chi connectivity index (χ2n) is 4.99. The third kappa shape index (κ3) is 2.80. The molecule has 0 unspecified atom stereocenters. The summed E-state index contributed by atoms with van der Waals surface area (Å²) in [5.41, 5.74) is 1.14. The monoisotopic (exact) mass is 302 g/mol. The third-order valence-electron chi connectivity index (χ3n) is 3.60. The van der Waals surface area contributed by atoms with E-state index in [1.807, 2.05) is 6.07 Å². The van der Waals surface area contributed by atoms with Gasteiger partial charge in [-0.1, -0.05) is 36.0 Å². The molecule has 1 aromatic carbocycles. The number of carboxylic acids is 1. The summed E-state index contributed by atoms with van der Waals surface area (Å²) < 4.78 is 0. The van der Waals surface area contributed by atoms with Crippen molar-refractivity contribution in [3.63, 3.8) is 0 Å². The lowest BCUT2D eigenvalue weighted by atomic mass is 9.82. The molecule has 0 spiro atoms. The summed E-state index contributed by atoms with van der Waals surface area (Å²) in [5, 5.41) is 12.3. The lowest BCUT2D eigenvalue weighted by Gasteiger charge is -2.23. The van der Waals surface area contributed by atoms with E-state index in [4.69, 9.17) is 0 Å². The van der Waals surface area contributed by atoms with Crippen molar-refractivity contribution in [2.45, 2.75) is 25.2 Å². The molecule has 0 atom stereocenters. The van der Waals surface area contributed by atoms with Crippen LogP contribution in [-0.4, -0.2) is 22.0 Å². The van der Waals surface area contributed by atoms with Crippen molar-refractivity contribution in [3.05, 3.63) is 46.5 Å². The summed E-state index contributed by atoms with van der Waals surface area (Å²) in [6, 6.07) is 8.79. The second kappa shape index (κ2) is 5.65. The van der Waals surface area contributed by atoms with Crippen LogP contribution in [0.5, 0.6) is 0 Å². The lowest BCUT2D eigenvalue weighted by Crippen LogP contribution is -2.14. The van der Waals surface area contributed by atoms with Gasteiger partial charge in [-0.3, -0.25) is 10.1 Å². The van der Waals surface area contributed by atoms with Crippen LogP contribution in [0, 0.1) is 0 Å². The first kappa shape index (κ1) is 13.8. The summed E-state index contributed by atoms with van der Waals surface area (Å²) in [6.07, 6.45) is 3.04. The van der Waals surface area contributed by atoms with Crippen molar-refractivity contribution in [1.29, 1.82) is 0 Å². The third-order valence-corrected chi connectivity index (χ3v) is 4.57. The Bertz CT molecular complexity index is 677. The van der Waals surface area contributed by atoms with Gasteiger partial charge in [-0.2, -0.15) is 0 Å². The number of aromatic nitrogens is 1. The highest BCUT2D eigenvalue weighted by molar-refractivity contribution is 7.17. The molecule has 1 saturated carbocycles. The standard InChI is InChI=1S/C15H14N2O3S/c18-13(10-5-2-1-3-6-10)17-15-16-11(9-7-4-8-9)12(21-15)14(19)20/h1-3,5-6,9H,4,7-8H2,(H,19,20)(H,16,17,18). The summed E-state index contributed by atoms with van der Waals surface area (Å²) in [5.74, 6) is -1.04. The summed E-state index contributed by atoms with van der Waals surface area (Å²) in [4.78, 5) is 27.9. The van der Waals surface area contributed by atoms with E-state index >= 15 is 0 Å². The first-order valence-electron chi connectivity index (χ1n) is 6.75. The number of hydrogen-bond donors (Lipinski definition) is 2. The predicted octanol–water partition coefficient (Wildman–Crippen LogP) is 3.36. The Labute approximate surface area is 125 Å². The number of carbonyl (C=O) groups excluding carboxylic acids is 1. The van der Waals surface area contributed by atoms with Gasteiger partial charge in [0.25, 0.3) is 5.91 Å². The number of hydrogen-bond acceptors (Lipinski definition) is 4. The fourth-order valence-corrected chi connectivity index (χ4v) is 3.14. The summed E-state index contributed by atoms with van der Waals surface area (Å²) in [7, 11) is 0. The molecule has 3 rings (SSSR count). The molecule has 1 fully saturated rings. The maximum Gasteiger partial charge on any atom is 0.347 e. The number of anilines is 1. The number of amides is 1. The van der Waals surface area contributed by atoms with E-state index in [1.54, 1.807) is 24.3 Å². The molecule has 21 heavy (non-hydrogen) atoms. The molecule has 0 bridgehead atoms. The van der Waals surface area contributed by atoms with Crippen LogP contribution in [0.1, 0.15) is 50.9 Å². The topological polar surface area (TPSA) is 79.3 Å². The molecule has 0 aliphatic heterocycles. The molecule has 1 aliphatic rings. The molecule has 6 heteroatoms. The number of benzene rings is 1. The largest absolute Gasteiger partial charge is 0.477 e. The van der Waals surface area contributed by atoms with Crippen LogP contribution < -0.4 is 5.32 Å². The molecule has 1 aliphatic carbocycles.